The first-order chi connectivity index (χ1) is 17.4. The van der Waals surface area contributed by atoms with E-state index in [2.05, 4.69) is 60.0 Å². The van der Waals surface area contributed by atoms with Gasteiger partial charge in [-0.3, -0.25) is 0 Å². The summed E-state index contributed by atoms with van der Waals surface area (Å²) in [4.78, 5) is 16.0. The summed E-state index contributed by atoms with van der Waals surface area (Å²) in [6, 6.07) is 31.0. The highest BCUT2D eigenvalue weighted by Crippen LogP contribution is 2.63. The molecule has 36 heavy (non-hydrogen) atoms. The smallest absolute Gasteiger partial charge is 0.362 e. The lowest BCUT2D eigenvalue weighted by Crippen LogP contribution is -2.65. The zero-order valence-corrected chi connectivity index (χ0v) is 21.8. The van der Waals surface area contributed by atoms with E-state index in [1.54, 1.807) is 0 Å². The SMILES string of the molecule is C=CC[C@@]1(c2ccccc2)/C(=N/[P+]2([O-])OCC(C)(C)CO2)N(Cc2ccccc2)[C@@H]1c1ccccc1. The van der Waals surface area contributed by atoms with Gasteiger partial charge in [-0.2, -0.15) is 9.05 Å². The van der Waals surface area contributed by atoms with E-state index in [-0.39, 0.29) is 11.5 Å². The quantitative estimate of drug-likeness (QED) is 0.284. The molecule has 6 heteroatoms. The Morgan fingerprint density at radius 2 is 1.50 bits per heavy atom. The average Bonchev–Trinajstić information content (AvgIpc) is 2.90. The Bertz CT molecular complexity index is 1210. The van der Waals surface area contributed by atoms with E-state index >= 15 is 0 Å². The van der Waals surface area contributed by atoms with Crippen LogP contribution in [0, 0.1) is 5.41 Å². The second kappa shape index (κ2) is 9.91. The van der Waals surface area contributed by atoms with E-state index in [4.69, 9.17) is 13.8 Å². The number of benzene rings is 3. The molecule has 0 spiro atoms. The maximum atomic E-state index is 13.8. The van der Waals surface area contributed by atoms with Gasteiger partial charge in [0.1, 0.15) is 13.2 Å². The van der Waals surface area contributed by atoms with Gasteiger partial charge < -0.3 is 9.79 Å². The van der Waals surface area contributed by atoms with Gasteiger partial charge in [0, 0.05) is 12.0 Å². The third-order valence-corrected chi connectivity index (χ3v) is 8.32. The fourth-order valence-electron chi connectivity index (χ4n) is 5.23. The standard InChI is InChI=1S/C30H33N2O3P/c1-4-20-30(26-18-12-7-13-19-26)27(25-16-10-6-11-17-25)32(21-24-14-8-5-9-15-24)28(30)31-36(33)34-22-29(2,3)23-35-36/h4-19,27H,1,20-23H2,2-3H3/b31-28-/t27-,30+/m1/s1. The molecule has 2 heterocycles. The van der Waals surface area contributed by atoms with E-state index in [0.29, 0.717) is 32.0 Å². The van der Waals surface area contributed by atoms with Crippen LogP contribution in [0.2, 0.25) is 0 Å². The molecule has 0 radical (unpaired) electrons. The van der Waals surface area contributed by atoms with Crippen molar-refractivity contribution in [3.63, 3.8) is 0 Å². The summed E-state index contributed by atoms with van der Waals surface area (Å²) < 4.78 is 16.5. The first-order valence-electron chi connectivity index (χ1n) is 12.4. The highest BCUT2D eigenvalue weighted by Gasteiger charge is 2.61. The molecule has 3 aromatic carbocycles. The van der Waals surface area contributed by atoms with E-state index in [1.165, 1.54) is 5.56 Å². The van der Waals surface area contributed by atoms with Crippen LogP contribution in [0.3, 0.4) is 0 Å². The maximum Gasteiger partial charge on any atom is 0.362 e. The lowest BCUT2D eigenvalue weighted by molar-refractivity contribution is -0.233. The Morgan fingerprint density at radius 1 is 0.944 bits per heavy atom. The van der Waals surface area contributed by atoms with E-state index in [9.17, 15) is 4.89 Å². The summed E-state index contributed by atoms with van der Waals surface area (Å²) in [5.41, 5.74) is 2.66. The van der Waals surface area contributed by atoms with Gasteiger partial charge in [-0.25, -0.2) is 0 Å². The van der Waals surface area contributed by atoms with Crippen LogP contribution < -0.4 is 4.89 Å². The van der Waals surface area contributed by atoms with Gasteiger partial charge in [0.25, 0.3) is 0 Å². The molecule has 3 aromatic rings. The molecule has 0 amide bonds. The molecular formula is C30H33N2O3P. The highest BCUT2D eigenvalue weighted by atomic mass is 31.2. The molecule has 2 fully saturated rings. The molecule has 5 rings (SSSR count). The van der Waals surface area contributed by atoms with Crippen LogP contribution in [-0.2, 0) is 21.0 Å². The summed E-state index contributed by atoms with van der Waals surface area (Å²) in [6.07, 6.45) is 2.56. The zero-order valence-electron chi connectivity index (χ0n) is 20.9. The molecule has 0 N–H and O–H groups in total. The van der Waals surface area contributed by atoms with Crippen LogP contribution in [0.25, 0.3) is 0 Å². The fraction of sp³-hybridized carbons (Fsp3) is 0.300. The van der Waals surface area contributed by atoms with E-state index < -0.39 is 13.5 Å². The molecule has 0 unspecified atom stereocenters. The number of likely N-dealkylation sites (tertiary alicyclic amines) is 1. The summed E-state index contributed by atoms with van der Waals surface area (Å²) in [5.74, 6) is 0.717. The predicted molar refractivity (Wildman–Crippen MR) is 144 cm³/mol. The van der Waals surface area contributed by atoms with Crippen LogP contribution in [0.4, 0.5) is 0 Å². The van der Waals surface area contributed by atoms with Gasteiger partial charge in [0.15, 0.2) is 5.84 Å². The molecule has 0 aliphatic carbocycles. The van der Waals surface area contributed by atoms with Crippen LogP contribution >= 0.6 is 8.09 Å². The second-order valence-electron chi connectivity index (χ2n) is 10.4. The molecule has 5 nitrogen and oxygen atoms in total. The molecule has 186 valence electrons. The Balaban J connectivity index is 1.68. The topological polar surface area (TPSA) is 57.1 Å². The van der Waals surface area contributed by atoms with Crippen molar-refractivity contribution < 1.29 is 13.9 Å². The third-order valence-electron chi connectivity index (χ3n) is 6.97. The van der Waals surface area contributed by atoms with Gasteiger partial charge in [-0.15, -0.1) is 6.58 Å². The molecule has 2 aliphatic heterocycles. The first kappa shape index (κ1) is 24.9. The normalized spacial score (nSPS) is 25.8. The number of nitrogens with zero attached hydrogens (tertiary/aromatic N) is 2. The average molecular weight is 501 g/mol. The number of rotatable bonds is 7. The van der Waals surface area contributed by atoms with Gasteiger partial charge in [0.2, 0.25) is 0 Å². The minimum atomic E-state index is -3.69. The largest absolute Gasteiger partial charge is 0.610 e. The molecule has 0 aromatic heterocycles. The first-order valence-corrected chi connectivity index (χ1v) is 13.9. The monoisotopic (exact) mass is 500 g/mol. The van der Waals surface area contributed by atoms with E-state index in [0.717, 1.165) is 11.1 Å². The highest BCUT2D eigenvalue weighted by molar-refractivity contribution is 7.58. The molecule has 2 atom stereocenters. The Labute approximate surface area is 214 Å². The van der Waals surface area contributed by atoms with Gasteiger partial charge in [0.05, 0.1) is 11.5 Å². The Kier molecular flexibility index (Phi) is 6.84. The number of amidine groups is 1. The van der Waals surface area contributed by atoms with Crippen molar-refractivity contribution in [2.45, 2.75) is 38.3 Å². The van der Waals surface area contributed by atoms with Crippen molar-refractivity contribution in [1.29, 1.82) is 0 Å². The summed E-state index contributed by atoms with van der Waals surface area (Å²) in [6.45, 7) is 9.46. The van der Waals surface area contributed by atoms with Crippen molar-refractivity contribution in [2.24, 2.45) is 10.2 Å². The molecule has 2 saturated heterocycles. The Hall–Kier alpha value is -2.82. The minimum absolute atomic E-state index is 0.0362. The maximum absolute atomic E-state index is 13.8. The summed E-state index contributed by atoms with van der Waals surface area (Å²) >= 11 is 0. The summed E-state index contributed by atoms with van der Waals surface area (Å²) in [5, 5.41) is 0. The Morgan fingerprint density at radius 3 is 2.08 bits per heavy atom. The summed E-state index contributed by atoms with van der Waals surface area (Å²) in [7, 11) is -3.69. The van der Waals surface area contributed by atoms with Crippen LogP contribution in [0.5, 0.6) is 0 Å². The van der Waals surface area contributed by atoms with Gasteiger partial charge in [-0.05, 0) is 23.1 Å². The fourth-order valence-corrected chi connectivity index (χ4v) is 6.97. The van der Waals surface area contributed by atoms with Crippen molar-refractivity contribution in [1.82, 2.24) is 4.90 Å². The number of hydrogen-bond acceptors (Lipinski definition) is 4. The van der Waals surface area contributed by atoms with Crippen LogP contribution in [-0.4, -0.2) is 23.9 Å². The lowest BCUT2D eigenvalue weighted by atomic mass is 9.61. The van der Waals surface area contributed by atoms with E-state index in [1.807, 2.05) is 62.4 Å². The van der Waals surface area contributed by atoms with Crippen molar-refractivity contribution in [3.05, 3.63) is 120 Å². The van der Waals surface area contributed by atoms with Crippen molar-refractivity contribution in [2.75, 3.05) is 13.2 Å². The molecule has 0 bridgehead atoms. The van der Waals surface area contributed by atoms with Crippen molar-refractivity contribution >= 4 is 13.9 Å². The van der Waals surface area contributed by atoms with Gasteiger partial charge >= 0.3 is 8.09 Å². The second-order valence-corrected chi connectivity index (χ2v) is 12.0. The minimum Gasteiger partial charge on any atom is -0.610 e. The van der Waals surface area contributed by atoms with Crippen LogP contribution in [0.15, 0.2) is 108 Å². The van der Waals surface area contributed by atoms with Crippen LogP contribution in [0.1, 0.15) is 43.0 Å². The number of allylic oxidation sites excluding steroid dienone is 1. The third kappa shape index (κ3) is 4.65. The zero-order chi connectivity index (χ0) is 25.2. The lowest BCUT2D eigenvalue weighted by Gasteiger charge is -2.59. The molecular weight excluding hydrogens is 467 g/mol. The molecule has 2 aliphatic rings. The van der Waals surface area contributed by atoms with Crippen molar-refractivity contribution in [3.8, 4) is 0 Å². The predicted octanol–water partition coefficient (Wildman–Crippen LogP) is 6.27. The number of hydrogen-bond donors (Lipinski definition) is 0. The molecule has 0 saturated carbocycles. The van der Waals surface area contributed by atoms with Gasteiger partial charge in [-0.1, -0.05) is 116 Å².